The standard InChI is InChI=1S/C12H10ClNO2S/c13-11-6-8(3-4-10(11)12(14)17)16-7-9-2-1-5-15-9/h1-6H,7H2,(H2,14,17). The molecule has 0 radical (unpaired) electrons. The summed E-state index contributed by atoms with van der Waals surface area (Å²) in [5, 5.41) is 0.481. The highest BCUT2D eigenvalue weighted by Gasteiger charge is 2.05. The number of rotatable bonds is 4. The Morgan fingerprint density at radius 2 is 2.24 bits per heavy atom. The molecule has 17 heavy (non-hydrogen) atoms. The van der Waals surface area contributed by atoms with Crippen molar-refractivity contribution in [2.45, 2.75) is 6.61 Å². The summed E-state index contributed by atoms with van der Waals surface area (Å²) in [5.41, 5.74) is 6.15. The first-order valence-corrected chi connectivity index (χ1v) is 5.70. The zero-order chi connectivity index (χ0) is 12.3. The Kier molecular flexibility index (Phi) is 3.66. The van der Waals surface area contributed by atoms with E-state index in [2.05, 4.69) is 0 Å². The lowest BCUT2D eigenvalue weighted by atomic mass is 10.2. The van der Waals surface area contributed by atoms with Crippen LogP contribution >= 0.6 is 23.8 Å². The lowest BCUT2D eigenvalue weighted by Gasteiger charge is -2.07. The first-order chi connectivity index (χ1) is 8.16. The molecular formula is C12H10ClNO2S. The topological polar surface area (TPSA) is 48.4 Å². The van der Waals surface area contributed by atoms with Crippen LogP contribution in [0.25, 0.3) is 0 Å². The summed E-state index contributed by atoms with van der Waals surface area (Å²) in [6.45, 7) is 0.357. The molecule has 1 aromatic carbocycles. The van der Waals surface area contributed by atoms with E-state index in [1.54, 1.807) is 24.5 Å². The molecule has 2 aromatic rings. The van der Waals surface area contributed by atoms with E-state index in [9.17, 15) is 0 Å². The van der Waals surface area contributed by atoms with Crippen molar-refractivity contribution < 1.29 is 9.15 Å². The molecule has 2 rings (SSSR count). The average molecular weight is 268 g/mol. The van der Waals surface area contributed by atoms with Gasteiger partial charge in [-0.25, -0.2) is 0 Å². The summed E-state index contributed by atoms with van der Waals surface area (Å²) >= 11 is 10.9. The summed E-state index contributed by atoms with van der Waals surface area (Å²) in [6.07, 6.45) is 1.60. The number of furan rings is 1. The quantitative estimate of drug-likeness (QED) is 0.865. The van der Waals surface area contributed by atoms with Crippen LogP contribution < -0.4 is 10.5 Å². The molecule has 0 saturated carbocycles. The largest absolute Gasteiger partial charge is 0.486 e. The number of nitrogens with two attached hydrogens (primary N) is 1. The Morgan fingerprint density at radius 3 is 2.82 bits per heavy atom. The summed E-state index contributed by atoms with van der Waals surface area (Å²) in [5.74, 6) is 1.39. The molecule has 0 saturated heterocycles. The molecule has 0 aliphatic heterocycles. The van der Waals surface area contributed by atoms with Crippen molar-refractivity contribution in [2.75, 3.05) is 0 Å². The maximum absolute atomic E-state index is 6.01. The van der Waals surface area contributed by atoms with Gasteiger partial charge in [0.25, 0.3) is 0 Å². The van der Waals surface area contributed by atoms with E-state index in [0.29, 0.717) is 22.9 Å². The molecule has 3 nitrogen and oxygen atoms in total. The minimum Gasteiger partial charge on any atom is -0.486 e. The predicted octanol–water partition coefficient (Wildman–Crippen LogP) is 3.15. The van der Waals surface area contributed by atoms with Crippen molar-refractivity contribution in [2.24, 2.45) is 5.73 Å². The Labute approximate surface area is 109 Å². The van der Waals surface area contributed by atoms with Crippen molar-refractivity contribution in [3.63, 3.8) is 0 Å². The molecule has 2 N–H and O–H groups in total. The van der Waals surface area contributed by atoms with Crippen molar-refractivity contribution in [1.82, 2.24) is 0 Å². The van der Waals surface area contributed by atoms with E-state index in [-0.39, 0.29) is 4.99 Å². The van der Waals surface area contributed by atoms with E-state index in [1.165, 1.54) is 0 Å². The molecule has 5 heteroatoms. The second-order valence-electron chi connectivity index (χ2n) is 3.37. The summed E-state index contributed by atoms with van der Waals surface area (Å²) in [4.78, 5) is 0.271. The first kappa shape index (κ1) is 12.0. The fourth-order valence-electron chi connectivity index (χ4n) is 1.33. The van der Waals surface area contributed by atoms with Gasteiger partial charge in [-0.3, -0.25) is 0 Å². The molecule has 0 unspecified atom stereocenters. The van der Waals surface area contributed by atoms with Gasteiger partial charge in [-0.15, -0.1) is 0 Å². The zero-order valence-electron chi connectivity index (χ0n) is 8.85. The smallest absolute Gasteiger partial charge is 0.146 e. The van der Waals surface area contributed by atoms with Crippen LogP contribution in [0.15, 0.2) is 41.0 Å². The molecule has 1 heterocycles. The van der Waals surface area contributed by atoms with Crippen LogP contribution in [0.2, 0.25) is 5.02 Å². The number of hydrogen-bond donors (Lipinski definition) is 1. The Balaban J connectivity index is 2.07. The van der Waals surface area contributed by atoms with Gasteiger partial charge in [0.05, 0.1) is 11.3 Å². The summed E-state index contributed by atoms with van der Waals surface area (Å²) < 4.78 is 10.7. The Hall–Kier alpha value is -1.52. The van der Waals surface area contributed by atoms with Crippen LogP contribution in [0, 0.1) is 0 Å². The van der Waals surface area contributed by atoms with Gasteiger partial charge in [0.2, 0.25) is 0 Å². The zero-order valence-corrected chi connectivity index (χ0v) is 10.4. The third-order valence-electron chi connectivity index (χ3n) is 2.17. The van der Waals surface area contributed by atoms with Crippen LogP contribution in [-0.4, -0.2) is 4.99 Å². The van der Waals surface area contributed by atoms with Crippen molar-refractivity contribution in [3.8, 4) is 5.75 Å². The van der Waals surface area contributed by atoms with Crippen molar-refractivity contribution in [1.29, 1.82) is 0 Å². The molecule has 0 fully saturated rings. The molecule has 0 bridgehead atoms. The molecular weight excluding hydrogens is 258 g/mol. The third-order valence-corrected chi connectivity index (χ3v) is 2.70. The van der Waals surface area contributed by atoms with Gasteiger partial charge in [0.15, 0.2) is 0 Å². The van der Waals surface area contributed by atoms with E-state index in [0.717, 1.165) is 5.76 Å². The number of thiocarbonyl (C=S) groups is 1. The molecule has 0 aliphatic rings. The maximum atomic E-state index is 6.01. The monoisotopic (exact) mass is 267 g/mol. The van der Waals surface area contributed by atoms with Crippen molar-refractivity contribution in [3.05, 3.63) is 52.9 Å². The van der Waals surface area contributed by atoms with Gasteiger partial charge in [-0.05, 0) is 30.3 Å². The van der Waals surface area contributed by atoms with Gasteiger partial charge in [0, 0.05) is 5.56 Å². The van der Waals surface area contributed by atoms with Crippen LogP contribution in [-0.2, 0) is 6.61 Å². The molecule has 0 atom stereocenters. The average Bonchev–Trinajstić information content (AvgIpc) is 2.78. The van der Waals surface area contributed by atoms with E-state index in [1.807, 2.05) is 12.1 Å². The molecule has 0 aliphatic carbocycles. The lowest BCUT2D eigenvalue weighted by molar-refractivity contribution is 0.270. The van der Waals surface area contributed by atoms with Crippen LogP contribution in [0.1, 0.15) is 11.3 Å². The normalized spacial score (nSPS) is 10.2. The summed E-state index contributed by atoms with van der Waals surface area (Å²) in [6, 6.07) is 8.83. The van der Waals surface area contributed by atoms with E-state index in [4.69, 9.17) is 38.7 Å². The maximum Gasteiger partial charge on any atom is 0.146 e. The van der Waals surface area contributed by atoms with Gasteiger partial charge in [-0.2, -0.15) is 0 Å². The van der Waals surface area contributed by atoms with Gasteiger partial charge in [-0.1, -0.05) is 23.8 Å². The van der Waals surface area contributed by atoms with E-state index >= 15 is 0 Å². The fourth-order valence-corrected chi connectivity index (χ4v) is 1.84. The molecule has 1 aromatic heterocycles. The SMILES string of the molecule is NC(=S)c1ccc(OCc2ccco2)cc1Cl. The number of benzene rings is 1. The highest BCUT2D eigenvalue weighted by molar-refractivity contribution is 7.80. The predicted molar refractivity (Wildman–Crippen MR) is 70.4 cm³/mol. The second kappa shape index (κ2) is 5.21. The van der Waals surface area contributed by atoms with E-state index < -0.39 is 0 Å². The van der Waals surface area contributed by atoms with Crippen molar-refractivity contribution >= 4 is 28.8 Å². The molecule has 0 spiro atoms. The van der Waals surface area contributed by atoms with Gasteiger partial charge < -0.3 is 14.9 Å². The number of hydrogen-bond acceptors (Lipinski definition) is 3. The van der Waals surface area contributed by atoms with Gasteiger partial charge in [0.1, 0.15) is 23.1 Å². The number of ether oxygens (including phenoxy) is 1. The van der Waals surface area contributed by atoms with Crippen LogP contribution in [0.4, 0.5) is 0 Å². The second-order valence-corrected chi connectivity index (χ2v) is 4.22. The van der Waals surface area contributed by atoms with Crippen LogP contribution in [0.3, 0.4) is 0 Å². The molecule has 88 valence electrons. The lowest BCUT2D eigenvalue weighted by Crippen LogP contribution is -2.09. The van der Waals surface area contributed by atoms with Gasteiger partial charge >= 0.3 is 0 Å². The first-order valence-electron chi connectivity index (χ1n) is 4.91. The highest BCUT2D eigenvalue weighted by atomic mass is 35.5. The number of halogens is 1. The fraction of sp³-hybridized carbons (Fsp3) is 0.0833. The highest BCUT2D eigenvalue weighted by Crippen LogP contribution is 2.23. The molecule has 0 amide bonds. The third kappa shape index (κ3) is 2.99. The Morgan fingerprint density at radius 1 is 1.41 bits per heavy atom. The van der Waals surface area contributed by atoms with Crippen LogP contribution in [0.5, 0.6) is 5.75 Å². The minimum absolute atomic E-state index is 0.271. The summed E-state index contributed by atoms with van der Waals surface area (Å²) in [7, 11) is 0. The minimum atomic E-state index is 0.271. The Bertz CT molecular complexity index is 525.